The average molecular weight is 556 g/mol. The first-order valence-electron chi connectivity index (χ1n) is 13.8. The molecule has 0 spiro atoms. The van der Waals surface area contributed by atoms with Crippen LogP contribution in [0.5, 0.6) is 11.5 Å². The summed E-state index contributed by atoms with van der Waals surface area (Å²) in [7, 11) is 0. The lowest BCUT2D eigenvalue weighted by Crippen LogP contribution is -2.29. The van der Waals surface area contributed by atoms with Crippen LogP contribution in [0.3, 0.4) is 0 Å². The van der Waals surface area contributed by atoms with Crippen molar-refractivity contribution in [2.45, 2.75) is 32.2 Å². The van der Waals surface area contributed by atoms with Gasteiger partial charge in [0.25, 0.3) is 0 Å². The van der Waals surface area contributed by atoms with Crippen molar-refractivity contribution in [3.05, 3.63) is 119 Å². The van der Waals surface area contributed by atoms with E-state index in [1.54, 1.807) is 48.5 Å². The number of hydrogen-bond donors (Lipinski definition) is 0. The zero-order valence-corrected chi connectivity index (χ0v) is 22.7. The van der Waals surface area contributed by atoms with Gasteiger partial charge < -0.3 is 9.47 Å². The van der Waals surface area contributed by atoms with E-state index in [9.17, 15) is 18.4 Å². The Labute approximate surface area is 238 Å². The van der Waals surface area contributed by atoms with Gasteiger partial charge in [0.15, 0.2) is 12.4 Å². The Bertz CT molecular complexity index is 1510. The van der Waals surface area contributed by atoms with Crippen LogP contribution in [0.15, 0.2) is 91.0 Å². The molecule has 1 fully saturated rings. The molecule has 5 rings (SSSR count). The molecule has 0 N–H and O–H groups in total. The number of likely N-dealkylation sites (tertiary alicyclic amines) is 1. The Balaban J connectivity index is 1.15. The molecular formula is C34H31F2NO4. The van der Waals surface area contributed by atoms with Crippen LogP contribution in [0.25, 0.3) is 11.1 Å². The van der Waals surface area contributed by atoms with Gasteiger partial charge in [-0.1, -0.05) is 48.9 Å². The molecule has 0 saturated carbocycles. The van der Waals surface area contributed by atoms with Crippen LogP contribution in [0.1, 0.15) is 40.7 Å². The highest BCUT2D eigenvalue weighted by atomic mass is 19.1. The molecule has 0 aromatic heterocycles. The van der Waals surface area contributed by atoms with Crippen molar-refractivity contribution in [1.29, 1.82) is 0 Å². The zero-order valence-electron chi connectivity index (χ0n) is 22.7. The number of esters is 1. The van der Waals surface area contributed by atoms with Crippen molar-refractivity contribution >= 4 is 11.8 Å². The Morgan fingerprint density at radius 3 is 2.27 bits per heavy atom. The highest BCUT2D eigenvalue weighted by molar-refractivity contribution is 5.98. The number of hydrogen-bond acceptors (Lipinski definition) is 5. The van der Waals surface area contributed by atoms with Crippen LogP contribution >= 0.6 is 0 Å². The van der Waals surface area contributed by atoms with Gasteiger partial charge in [-0.25, -0.2) is 13.6 Å². The topological polar surface area (TPSA) is 55.8 Å². The van der Waals surface area contributed by atoms with Gasteiger partial charge in [-0.15, -0.1) is 0 Å². The van der Waals surface area contributed by atoms with E-state index >= 15 is 0 Å². The summed E-state index contributed by atoms with van der Waals surface area (Å²) < 4.78 is 39.2. The molecule has 5 nitrogen and oxygen atoms in total. The maximum absolute atomic E-state index is 14.5. The molecule has 4 aromatic rings. The van der Waals surface area contributed by atoms with Crippen molar-refractivity contribution in [3.8, 4) is 22.6 Å². The van der Waals surface area contributed by atoms with Gasteiger partial charge in [0.05, 0.1) is 5.56 Å². The minimum absolute atomic E-state index is 0.0745. The smallest absolute Gasteiger partial charge is 0.349 e. The molecule has 1 heterocycles. The van der Waals surface area contributed by atoms with E-state index in [0.717, 1.165) is 19.6 Å². The first-order valence-corrected chi connectivity index (χ1v) is 13.8. The van der Waals surface area contributed by atoms with Gasteiger partial charge in [0.1, 0.15) is 23.1 Å². The van der Waals surface area contributed by atoms with Crippen molar-refractivity contribution < 1.29 is 27.8 Å². The van der Waals surface area contributed by atoms with Crippen molar-refractivity contribution in [2.75, 3.05) is 19.7 Å². The summed E-state index contributed by atoms with van der Waals surface area (Å²) in [6.07, 6.45) is 3.69. The molecular weight excluding hydrogens is 524 g/mol. The number of ether oxygens (including phenoxy) is 2. The Morgan fingerprint density at radius 1 is 0.732 bits per heavy atom. The number of halogens is 2. The first-order chi connectivity index (χ1) is 19.9. The molecule has 0 bridgehead atoms. The highest BCUT2D eigenvalue weighted by Crippen LogP contribution is 2.25. The fraction of sp³-hybridized carbons (Fsp3) is 0.235. The normalized spacial score (nSPS) is 13.5. The van der Waals surface area contributed by atoms with E-state index in [-0.39, 0.29) is 18.6 Å². The number of benzene rings is 4. The third-order valence-corrected chi connectivity index (χ3v) is 7.05. The van der Waals surface area contributed by atoms with Crippen LogP contribution in [0, 0.1) is 11.6 Å². The summed E-state index contributed by atoms with van der Waals surface area (Å²) in [5.74, 6) is -1.21. The standard InChI is InChI=1S/C34H31F2NO4/c35-28-8-5-7-26(20-28)27-12-15-32(36)31(21-27)33(38)19-25-6-4-9-30(18-25)40-23-34(39)41-29-13-10-24(11-14-29)22-37-16-2-1-3-17-37/h4-15,18,20-21H,1-3,16-17,19,22-23H2. The Hall–Kier alpha value is -4.36. The van der Waals surface area contributed by atoms with Crippen molar-refractivity contribution in [2.24, 2.45) is 0 Å². The number of carbonyl (C=O) groups is 2. The SMILES string of the molecule is O=C(COc1cccc(CC(=O)c2cc(-c3cccc(F)c3)ccc2F)c1)Oc1ccc(CN2CCCCC2)cc1. The van der Waals surface area contributed by atoms with E-state index < -0.39 is 23.4 Å². The quantitative estimate of drug-likeness (QED) is 0.120. The van der Waals surface area contributed by atoms with Crippen LogP contribution in [-0.4, -0.2) is 36.3 Å². The lowest BCUT2D eigenvalue weighted by molar-refractivity contribution is -0.136. The molecule has 41 heavy (non-hydrogen) atoms. The van der Waals surface area contributed by atoms with Gasteiger partial charge in [0, 0.05) is 13.0 Å². The summed E-state index contributed by atoms with van der Waals surface area (Å²) in [6.45, 7) is 2.81. The number of piperidine rings is 1. The molecule has 1 aliphatic rings. The second-order valence-electron chi connectivity index (χ2n) is 10.2. The van der Waals surface area contributed by atoms with E-state index in [1.807, 2.05) is 12.1 Å². The molecule has 7 heteroatoms. The summed E-state index contributed by atoms with van der Waals surface area (Å²) >= 11 is 0. The van der Waals surface area contributed by atoms with E-state index in [0.29, 0.717) is 28.2 Å². The minimum Gasteiger partial charge on any atom is -0.482 e. The van der Waals surface area contributed by atoms with Crippen molar-refractivity contribution in [1.82, 2.24) is 4.90 Å². The van der Waals surface area contributed by atoms with Crippen LogP contribution in [0.2, 0.25) is 0 Å². The number of rotatable bonds is 10. The molecule has 0 atom stereocenters. The van der Waals surface area contributed by atoms with Crippen LogP contribution < -0.4 is 9.47 Å². The molecule has 210 valence electrons. The predicted molar refractivity (Wildman–Crippen MR) is 153 cm³/mol. The van der Waals surface area contributed by atoms with Crippen LogP contribution in [0.4, 0.5) is 8.78 Å². The molecule has 4 aromatic carbocycles. The third-order valence-electron chi connectivity index (χ3n) is 7.05. The lowest BCUT2D eigenvalue weighted by Gasteiger charge is -2.26. The van der Waals surface area contributed by atoms with E-state index in [4.69, 9.17) is 9.47 Å². The van der Waals surface area contributed by atoms with Gasteiger partial charge in [-0.3, -0.25) is 9.69 Å². The molecule has 1 saturated heterocycles. The monoisotopic (exact) mass is 555 g/mol. The third kappa shape index (κ3) is 7.86. The highest BCUT2D eigenvalue weighted by Gasteiger charge is 2.16. The fourth-order valence-electron chi connectivity index (χ4n) is 4.95. The van der Waals surface area contributed by atoms with E-state index in [1.165, 1.54) is 55.2 Å². The molecule has 1 aliphatic heterocycles. The number of ketones is 1. The van der Waals surface area contributed by atoms with Gasteiger partial charge in [-0.05, 0) is 96.7 Å². The second kappa shape index (κ2) is 13.3. The summed E-state index contributed by atoms with van der Waals surface area (Å²) in [4.78, 5) is 27.8. The zero-order chi connectivity index (χ0) is 28.6. The lowest BCUT2D eigenvalue weighted by atomic mass is 9.97. The maximum Gasteiger partial charge on any atom is 0.349 e. The molecule has 0 radical (unpaired) electrons. The number of nitrogens with zero attached hydrogens (tertiary/aromatic N) is 1. The Kier molecular flexibility index (Phi) is 9.16. The number of Topliss-reactive ketones (excluding diaryl/α,β-unsaturated/α-hetero) is 1. The molecule has 0 amide bonds. The first kappa shape index (κ1) is 28.2. The summed E-state index contributed by atoms with van der Waals surface area (Å²) in [6, 6.07) is 24.3. The summed E-state index contributed by atoms with van der Waals surface area (Å²) in [5, 5.41) is 0. The van der Waals surface area contributed by atoms with Crippen LogP contribution in [-0.2, 0) is 17.8 Å². The maximum atomic E-state index is 14.5. The summed E-state index contributed by atoms with van der Waals surface area (Å²) in [5.41, 5.74) is 2.79. The van der Waals surface area contributed by atoms with Crippen molar-refractivity contribution in [3.63, 3.8) is 0 Å². The van der Waals surface area contributed by atoms with Gasteiger partial charge >= 0.3 is 5.97 Å². The van der Waals surface area contributed by atoms with Gasteiger partial charge in [-0.2, -0.15) is 0 Å². The largest absolute Gasteiger partial charge is 0.482 e. The Morgan fingerprint density at radius 2 is 1.49 bits per heavy atom. The number of carbonyl (C=O) groups excluding carboxylic acids is 2. The fourth-order valence-corrected chi connectivity index (χ4v) is 4.95. The average Bonchev–Trinajstić information content (AvgIpc) is 2.98. The van der Waals surface area contributed by atoms with Gasteiger partial charge in [0.2, 0.25) is 0 Å². The minimum atomic E-state index is -0.648. The molecule has 0 aliphatic carbocycles. The van der Waals surface area contributed by atoms with E-state index in [2.05, 4.69) is 4.90 Å². The predicted octanol–water partition coefficient (Wildman–Crippen LogP) is 7.03. The molecule has 0 unspecified atom stereocenters. The second-order valence-corrected chi connectivity index (χ2v) is 10.2.